The van der Waals surface area contributed by atoms with Gasteiger partial charge >= 0.3 is 5.97 Å². The first-order chi connectivity index (χ1) is 8.04. The molecule has 2 rings (SSSR count). The molecule has 0 radical (unpaired) electrons. The van der Waals surface area contributed by atoms with Crippen molar-refractivity contribution in [2.75, 3.05) is 11.9 Å². The maximum Gasteiger partial charge on any atom is 0.335 e. The molecule has 1 aliphatic heterocycles. The fraction of sp³-hybridized carbons (Fsp3) is 0.333. The molecule has 1 aromatic carbocycles. The maximum atomic E-state index is 12.0. The highest BCUT2D eigenvalue weighted by Crippen LogP contribution is 2.39. The van der Waals surface area contributed by atoms with Crippen LogP contribution in [0.5, 0.6) is 0 Å². The summed E-state index contributed by atoms with van der Waals surface area (Å²) in [6.45, 7) is 1.97. The number of hydrogen-bond donors (Lipinski definition) is 1. The number of aromatic carboxylic acids is 1. The molecule has 0 bridgehead atoms. The summed E-state index contributed by atoms with van der Waals surface area (Å²) in [5.41, 5.74) is 0.892. The minimum Gasteiger partial charge on any atom is -0.478 e. The summed E-state index contributed by atoms with van der Waals surface area (Å²) in [6, 6.07) is 4.90. The maximum absolute atomic E-state index is 12.0. The molecule has 1 atom stereocenters. The Kier molecular flexibility index (Phi) is 3.11. The SMILES string of the molecule is CCC1Sc2ccc(C(=O)O)cc2N(C)C1=O. The van der Waals surface area contributed by atoms with Crippen molar-refractivity contribution in [3.63, 3.8) is 0 Å². The Hall–Kier alpha value is -1.49. The number of carboxylic acids is 1. The van der Waals surface area contributed by atoms with Gasteiger partial charge in [0.05, 0.1) is 16.5 Å². The van der Waals surface area contributed by atoms with Gasteiger partial charge in [-0.25, -0.2) is 4.79 Å². The van der Waals surface area contributed by atoms with E-state index in [1.165, 1.54) is 11.8 Å². The van der Waals surface area contributed by atoms with Crippen LogP contribution in [0.25, 0.3) is 0 Å². The van der Waals surface area contributed by atoms with E-state index in [-0.39, 0.29) is 16.7 Å². The largest absolute Gasteiger partial charge is 0.478 e. The molecular weight excluding hydrogens is 238 g/mol. The first-order valence-electron chi connectivity index (χ1n) is 5.36. The Balaban J connectivity index is 2.46. The fourth-order valence-electron chi connectivity index (χ4n) is 1.81. The number of benzene rings is 1. The Morgan fingerprint density at radius 3 is 2.82 bits per heavy atom. The summed E-state index contributed by atoms with van der Waals surface area (Å²) in [5, 5.41) is 8.86. The van der Waals surface area contributed by atoms with Crippen molar-refractivity contribution in [2.24, 2.45) is 0 Å². The van der Waals surface area contributed by atoms with E-state index in [9.17, 15) is 9.59 Å². The van der Waals surface area contributed by atoms with Gasteiger partial charge in [0.1, 0.15) is 0 Å². The van der Waals surface area contributed by atoms with Gasteiger partial charge in [-0.3, -0.25) is 4.79 Å². The van der Waals surface area contributed by atoms with Gasteiger partial charge in [-0.1, -0.05) is 6.92 Å². The smallest absolute Gasteiger partial charge is 0.335 e. The Morgan fingerprint density at radius 2 is 2.24 bits per heavy atom. The lowest BCUT2D eigenvalue weighted by molar-refractivity contribution is -0.118. The number of nitrogens with zero attached hydrogens (tertiary/aromatic N) is 1. The second kappa shape index (κ2) is 4.41. The van der Waals surface area contributed by atoms with Crippen molar-refractivity contribution in [3.05, 3.63) is 23.8 Å². The van der Waals surface area contributed by atoms with Crippen molar-refractivity contribution >= 4 is 29.3 Å². The number of hydrogen-bond acceptors (Lipinski definition) is 3. The minimum atomic E-state index is -0.976. The van der Waals surface area contributed by atoms with Gasteiger partial charge in [0.2, 0.25) is 5.91 Å². The number of anilines is 1. The molecule has 5 heteroatoms. The van der Waals surface area contributed by atoms with Crippen LogP contribution in [0.4, 0.5) is 5.69 Å². The molecule has 0 spiro atoms. The average molecular weight is 251 g/mol. The highest BCUT2D eigenvalue weighted by molar-refractivity contribution is 8.01. The molecule has 1 aliphatic rings. The summed E-state index contributed by atoms with van der Waals surface area (Å²) in [5.74, 6) is -0.941. The summed E-state index contributed by atoms with van der Waals surface area (Å²) in [4.78, 5) is 25.4. The van der Waals surface area contributed by atoms with Crippen LogP contribution in [-0.4, -0.2) is 29.3 Å². The van der Waals surface area contributed by atoms with Crippen LogP contribution in [0.15, 0.2) is 23.1 Å². The van der Waals surface area contributed by atoms with Crippen LogP contribution in [0.1, 0.15) is 23.7 Å². The molecule has 1 N–H and O–H groups in total. The van der Waals surface area contributed by atoms with Gasteiger partial charge in [-0.15, -0.1) is 11.8 Å². The normalized spacial score (nSPS) is 19.1. The number of fused-ring (bicyclic) bond motifs is 1. The number of thioether (sulfide) groups is 1. The Bertz CT molecular complexity index is 487. The standard InChI is InChI=1S/C12H13NO3S/c1-3-9-11(14)13(2)8-6-7(12(15)16)4-5-10(8)17-9/h4-6,9H,3H2,1-2H3,(H,15,16). The van der Waals surface area contributed by atoms with E-state index in [1.807, 2.05) is 6.92 Å². The highest BCUT2D eigenvalue weighted by atomic mass is 32.2. The van der Waals surface area contributed by atoms with Crippen molar-refractivity contribution < 1.29 is 14.7 Å². The second-order valence-corrected chi connectivity index (χ2v) is 5.14. The van der Waals surface area contributed by atoms with Crippen LogP contribution in [0, 0.1) is 0 Å². The van der Waals surface area contributed by atoms with E-state index in [4.69, 9.17) is 5.11 Å². The van der Waals surface area contributed by atoms with Crippen molar-refractivity contribution in [2.45, 2.75) is 23.5 Å². The van der Waals surface area contributed by atoms with Gasteiger partial charge in [-0.2, -0.15) is 0 Å². The number of rotatable bonds is 2. The quantitative estimate of drug-likeness (QED) is 0.875. The minimum absolute atomic E-state index is 0.0348. The third-order valence-corrected chi connectivity index (χ3v) is 4.23. The lowest BCUT2D eigenvalue weighted by Gasteiger charge is -2.30. The van der Waals surface area contributed by atoms with Crippen molar-refractivity contribution in [3.8, 4) is 0 Å². The van der Waals surface area contributed by atoms with Gasteiger partial charge < -0.3 is 10.0 Å². The lowest BCUT2D eigenvalue weighted by Crippen LogP contribution is -2.37. The summed E-state index contributed by atoms with van der Waals surface area (Å²) in [6.07, 6.45) is 0.772. The molecular formula is C12H13NO3S. The Morgan fingerprint density at radius 1 is 1.53 bits per heavy atom. The zero-order valence-electron chi connectivity index (χ0n) is 9.64. The zero-order valence-corrected chi connectivity index (χ0v) is 10.5. The van der Waals surface area contributed by atoms with E-state index >= 15 is 0 Å². The van der Waals surface area contributed by atoms with Crippen LogP contribution in [-0.2, 0) is 4.79 Å². The number of carbonyl (C=O) groups excluding carboxylic acids is 1. The van der Waals surface area contributed by atoms with E-state index in [1.54, 1.807) is 30.1 Å². The first-order valence-corrected chi connectivity index (χ1v) is 6.24. The van der Waals surface area contributed by atoms with Crippen molar-refractivity contribution in [1.82, 2.24) is 0 Å². The van der Waals surface area contributed by atoms with Gasteiger partial charge in [-0.05, 0) is 24.6 Å². The lowest BCUT2D eigenvalue weighted by atomic mass is 10.1. The average Bonchev–Trinajstić information content (AvgIpc) is 2.33. The third kappa shape index (κ3) is 2.02. The summed E-state index contributed by atoms with van der Waals surface area (Å²) >= 11 is 1.51. The molecule has 0 saturated carbocycles. The van der Waals surface area contributed by atoms with Gasteiger partial charge in [0, 0.05) is 11.9 Å². The topological polar surface area (TPSA) is 57.6 Å². The number of carboxylic acid groups (broad SMARTS) is 1. The highest BCUT2D eigenvalue weighted by Gasteiger charge is 2.30. The van der Waals surface area contributed by atoms with Gasteiger partial charge in [0.25, 0.3) is 0 Å². The summed E-state index contributed by atoms with van der Waals surface area (Å²) < 4.78 is 0. The van der Waals surface area contributed by atoms with E-state index in [0.717, 1.165) is 11.3 Å². The van der Waals surface area contributed by atoms with E-state index < -0.39 is 5.97 Å². The molecule has 17 heavy (non-hydrogen) atoms. The van der Waals surface area contributed by atoms with Crippen LogP contribution in [0.3, 0.4) is 0 Å². The molecule has 4 nitrogen and oxygen atoms in total. The Labute approximate surface area is 104 Å². The van der Waals surface area contributed by atoms with Crippen LogP contribution < -0.4 is 4.90 Å². The molecule has 1 aromatic rings. The second-order valence-electron chi connectivity index (χ2n) is 3.90. The molecule has 1 unspecified atom stereocenters. The molecule has 0 aliphatic carbocycles. The predicted octanol–water partition coefficient (Wildman–Crippen LogP) is 2.23. The molecule has 1 heterocycles. The first kappa shape index (κ1) is 12.0. The van der Waals surface area contributed by atoms with Gasteiger partial charge in [0.15, 0.2) is 0 Å². The van der Waals surface area contributed by atoms with E-state index in [2.05, 4.69) is 0 Å². The molecule has 0 aromatic heterocycles. The molecule has 0 saturated heterocycles. The van der Waals surface area contributed by atoms with E-state index in [0.29, 0.717) is 5.69 Å². The molecule has 1 amide bonds. The van der Waals surface area contributed by atoms with Crippen molar-refractivity contribution in [1.29, 1.82) is 0 Å². The van der Waals surface area contributed by atoms with Crippen LogP contribution >= 0.6 is 11.8 Å². The fourth-order valence-corrected chi connectivity index (χ4v) is 3.00. The monoisotopic (exact) mass is 251 g/mol. The third-order valence-electron chi connectivity index (χ3n) is 2.81. The number of carbonyl (C=O) groups is 2. The molecule has 0 fully saturated rings. The molecule has 90 valence electrons. The van der Waals surface area contributed by atoms with Crippen LogP contribution in [0.2, 0.25) is 0 Å². The number of amides is 1. The zero-order chi connectivity index (χ0) is 12.6. The summed E-state index contributed by atoms with van der Waals surface area (Å²) in [7, 11) is 1.69. The predicted molar refractivity (Wildman–Crippen MR) is 66.7 cm³/mol.